The predicted molar refractivity (Wildman–Crippen MR) is 98.6 cm³/mol. The summed E-state index contributed by atoms with van der Waals surface area (Å²) in [5, 5.41) is 2.76. The van der Waals surface area contributed by atoms with Crippen LogP contribution in [0.4, 0.5) is 0 Å². The zero-order valence-electron chi connectivity index (χ0n) is 15.0. The van der Waals surface area contributed by atoms with Gasteiger partial charge in [0.1, 0.15) is 11.8 Å². The molecule has 1 heterocycles. The largest absolute Gasteiger partial charge is 0.497 e. The van der Waals surface area contributed by atoms with Gasteiger partial charge in [0.2, 0.25) is 15.9 Å². The predicted octanol–water partition coefficient (Wildman–Crippen LogP) is 2.17. The molecule has 1 atom stereocenters. The molecule has 1 unspecified atom stereocenters. The number of piperazine rings is 1. The molecule has 0 bridgehead atoms. The van der Waals surface area contributed by atoms with E-state index in [0.717, 1.165) is 5.56 Å². The zero-order chi connectivity index (χ0) is 18.9. The molecule has 26 heavy (non-hydrogen) atoms. The van der Waals surface area contributed by atoms with Gasteiger partial charge in [0.05, 0.1) is 12.0 Å². The Morgan fingerprint density at radius 1 is 1.12 bits per heavy atom. The van der Waals surface area contributed by atoms with Crippen molar-refractivity contribution in [2.45, 2.75) is 24.8 Å². The average Bonchev–Trinajstić information content (AvgIpc) is 2.61. The lowest BCUT2D eigenvalue weighted by Crippen LogP contribution is -2.52. The van der Waals surface area contributed by atoms with Crippen LogP contribution in [0, 0.1) is 13.8 Å². The van der Waals surface area contributed by atoms with Crippen molar-refractivity contribution in [2.24, 2.45) is 0 Å². The van der Waals surface area contributed by atoms with Gasteiger partial charge in [0.25, 0.3) is 0 Å². The number of carbonyl (C=O) groups is 1. The Hall–Kier alpha value is -2.38. The second-order valence-electron chi connectivity index (χ2n) is 6.35. The van der Waals surface area contributed by atoms with Gasteiger partial charge in [0.15, 0.2) is 0 Å². The van der Waals surface area contributed by atoms with E-state index < -0.39 is 16.1 Å². The molecule has 1 aliphatic heterocycles. The van der Waals surface area contributed by atoms with Crippen molar-refractivity contribution in [1.29, 1.82) is 0 Å². The van der Waals surface area contributed by atoms with Gasteiger partial charge < -0.3 is 10.1 Å². The molecule has 1 aliphatic rings. The van der Waals surface area contributed by atoms with Crippen molar-refractivity contribution in [3.8, 4) is 5.75 Å². The Kier molecular flexibility index (Phi) is 5.02. The third-order valence-electron chi connectivity index (χ3n) is 4.52. The number of hydrogen-bond acceptors (Lipinski definition) is 4. The van der Waals surface area contributed by atoms with Crippen LogP contribution in [0.15, 0.2) is 47.4 Å². The number of carbonyl (C=O) groups excluding carboxylic acids is 1. The fourth-order valence-corrected chi connectivity index (χ4v) is 5.01. The quantitative estimate of drug-likeness (QED) is 0.890. The molecule has 0 saturated carbocycles. The molecule has 0 radical (unpaired) electrons. The molecule has 6 nitrogen and oxygen atoms in total. The number of methoxy groups -OCH3 is 1. The Balaban J connectivity index is 2.05. The highest BCUT2D eigenvalue weighted by Gasteiger charge is 2.39. The van der Waals surface area contributed by atoms with E-state index in [1.165, 1.54) is 4.31 Å². The number of sulfonamides is 1. The maximum atomic E-state index is 13.3. The molecule has 2 aromatic rings. The fourth-order valence-electron chi connectivity index (χ4n) is 3.22. The fraction of sp³-hybridized carbons (Fsp3) is 0.316. The number of rotatable bonds is 4. The SMILES string of the molecule is COc1ccc(C2C(=O)NCCN2S(=O)(=O)c2ccc(C)cc2C)cc1. The minimum Gasteiger partial charge on any atom is -0.497 e. The first-order valence-electron chi connectivity index (χ1n) is 8.35. The van der Waals surface area contributed by atoms with Gasteiger partial charge in [-0.3, -0.25) is 4.79 Å². The first-order valence-corrected chi connectivity index (χ1v) is 9.79. The van der Waals surface area contributed by atoms with E-state index in [1.807, 2.05) is 13.0 Å². The van der Waals surface area contributed by atoms with Gasteiger partial charge in [-0.15, -0.1) is 0 Å². The first kappa shape index (κ1) is 18.4. The van der Waals surface area contributed by atoms with Gasteiger partial charge in [-0.25, -0.2) is 8.42 Å². The summed E-state index contributed by atoms with van der Waals surface area (Å²) in [5.74, 6) is 0.323. The molecule has 0 aliphatic carbocycles. The van der Waals surface area contributed by atoms with Crippen molar-refractivity contribution in [1.82, 2.24) is 9.62 Å². The summed E-state index contributed by atoms with van der Waals surface area (Å²) in [5.41, 5.74) is 2.27. The van der Waals surface area contributed by atoms with Crippen LogP contribution in [0.5, 0.6) is 5.75 Å². The van der Waals surface area contributed by atoms with Crippen molar-refractivity contribution in [3.63, 3.8) is 0 Å². The molecular formula is C19H22N2O4S. The Morgan fingerprint density at radius 3 is 2.42 bits per heavy atom. The highest BCUT2D eigenvalue weighted by molar-refractivity contribution is 7.89. The van der Waals surface area contributed by atoms with E-state index in [1.54, 1.807) is 50.4 Å². The number of benzene rings is 2. The van der Waals surface area contributed by atoms with Gasteiger partial charge >= 0.3 is 0 Å². The molecule has 1 amide bonds. The summed E-state index contributed by atoms with van der Waals surface area (Å²) < 4.78 is 33.0. The van der Waals surface area contributed by atoms with Crippen LogP contribution in [-0.2, 0) is 14.8 Å². The highest BCUT2D eigenvalue weighted by Crippen LogP contribution is 2.31. The maximum absolute atomic E-state index is 13.3. The van der Waals surface area contributed by atoms with Crippen molar-refractivity contribution in [3.05, 3.63) is 59.2 Å². The number of amides is 1. The number of nitrogens with one attached hydrogen (secondary N) is 1. The Bertz CT molecular complexity index is 923. The third kappa shape index (κ3) is 3.32. The molecule has 138 valence electrons. The van der Waals surface area contributed by atoms with Crippen LogP contribution in [0.25, 0.3) is 0 Å². The number of hydrogen-bond donors (Lipinski definition) is 1. The van der Waals surface area contributed by atoms with E-state index in [4.69, 9.17) is 4.74 Å². The minimum absolute atomic E-state index is 0.220. The summed E-state index contributed by atoms with van der Waals surface area (Å²) in [6, 6.07) is 11.2. The zero-order valence-corrected chi connectivity index (χ0v) is 15.8. The van der Waals surface area contributed by atoms with E-state index in [2.05, 4.69) is 5.32 Å². The van der Waals surface area contributed by atoms with Gasteiger partial charge in [-0.1, -0.05) is 29.8 Å². The first-order chi connectivity index (χ1) is 12.3. The maximum Gasteiger partial charge on any atom is 0.244 e. The molecule has 0 spiro atoms. The highest BCUT2D eigenvalue weighted by atomic mass is 32.2. The van der Waals surface area contributed by atoms with E-state index in [9.17, 15) is 13.2 Å². The third-order valence-corrected chi connectivity index (χ3v) is 6.54. The van der Waals surface area contributed by atoms with Crippen molar-refractivity contribution in [2.75, 3.05) is 20.2 Å². The molecule has 1 saturated heterocycles. The average molecular weight is 374 g/mol. The second-order valence-corrected chi connectivity index (χ2v) is 8.21. The minimum atomic E-state index is -3.81. The molecule has 0 aromatic heterocycles. The number of aryl methyl sites for hydroxylation is 2. The van der Waals surface area contributed by atoms with Crippen LogP contribution < -0.4 is 10.1 Å². The monoisotopic (exact) mass is 374 g/mol. The molecule has 3 rings (SSSR count). The summed E-state index contributed by atoms with van der Waals surface area (Å²) in [7, 11) is -2.26. The van der Waals surface area contributed by atoms with Gasteiger partial charge in [0, 0.05) is 13.1 Å². The smallest absolute Gasteiger partial charge is 0.244 e. The topological polar surface area (TPSA) is 75.7 Å². The Labute approximate surface area is 153 Å². The van der Waals surface area contributed by atoms with E-state index >= 15 is 0 Å². The summed E-state index contributed by atoms with van der Waals surface area (Å²) in [4.78, 5) is 12.8. The standard InChI is InChI=1S/C19H22N2O4S/c1-13-4-9-17(14(2)12-13)26(23,24)21-11-10-20-19(22)18(21)15-5-7-16(25-3)8-6-15/h4-9,12,18H,10-11H2,1-3H3,(H,20,22). The number of nitrogens with zero attached hydrogens (tertiary/aromatic N) is 1. The molecule has 7 heteroatoms. The van der Waals surface area contributed by atoms with Crippen LogP contribution >= 0.6 is 0 Å². The van der Waals surface area contributed by atoms with Gasteiger partial charge in [-0.2, -0.15) is 4.31 Å². The van der Waals surface area contributed by atoms with E-state index in [-0.39, 0.29) is 23.9 Å². The Morgan fingerprint density at radius 2 is 1.81 bits per heavy atom. The lowest BCUT2D eigenvalue weighted by Gasteiger charge is -2.34. The van der Waals surface area contributed by atoms with Crippen LogP contribution in [0.3, 0.4) is 0 Å². The second kappa shape index (κ2) is 7.09. The summed E-state index contributed by atoms with van der Waals surface area (Å²) >= 11 is 0. The lowest BCUT2D eigenvalue weighted by atomic mass is 10.0. The molecule has 1 N–H and O–H groups in total. The van der Waals surface area contributed by atoms with Crippen LogP contribution in [-0.4, -0.2) is 38.8 Å². The van der Waals surface area contributed by atoms with Crippen LogP contribution in [0.2, 0.25) is 0 Å². The molecule has 2 aromatic carbocycles. The summed E-state index contributed by atoms with van der Waals surface area (Å²) in [6.45, 7) is 4.19. The number of ether oxygens (including phenoxy) is 1. The van der Waals surface area contributed by atoms with Crippen molar-refractivity contribution >= 4 is 15.9 Å². The lowest BCUT2D eigenvalue weighted by molar-refractivity contribution is -0.126. The normalized spacial score (nSPS) is 18.4. The molecular weight excluding hydrogens is 352 g/mol. The van der Waals surface area contributed by atoms with Crippen LogP contribution in [0.1, 0.15) is 22.7 Å². The molecule has 1 fully saturated rings. The van der Waals surface area contributed by atoms with E-state index in [0.29, 0.717) is 16.9 Å². The van der Waals surface area contributed by atoms with Crippen molar-refractivity contribution < 1.29 is 17.9 Å². The van der Waals surface area contributed by atoms with Gasteiger partial charge in [-0.05, 0) is 43.2 Å². The summed E-state index contributed by atoms with van der Waals surface area (Å²) in [6.07, 6.45) is 0.